The van der Waals surface area contributed by atoms with E-state index in [0.717, 1.165) is 24.3 Å². The maximum Gasteiger partial charge on any atom is 0.127 e. The van der Waals surface area contributed by atoms with Gasteiger partial charge < -0.3 is 4.74 Å². The first kappa shape index (κ1) is 18.9. The van der Waals surface area contributed by atoms with Crippen molar-refractivity contribution in [1.29, 1.82) is 0 Å². The van der Waals surface area contributed by atoms with Gasteiger partial charge in [0.25, 0.3) is 0 Å². The zero-order chi connectivity index (χ0) is 20.1. The first-order chi connectivity index (χ1) is 14.2. The highest BCUT2D eigenvalue weighted by molar-refractivity contribution is 5.71. The normalized spacial score (nSPS) is 10.7. The van der Waals surface area contributed by atoms with Crippen LogP contribution in [0.15, 0.2) is 91.3 Å². The largest absolute Gasteiger partial charge is 0.457 e. The molecule has 144 valence electrons. The molecule has 0 saturated heterocycles. The summed E-state index contributed by atoms with van der Waals surface area (Å²) in [6.07, 6.45) is 5.73. The number of aromatic nitrogens is 1. The van der Waals surface area contributed by atoms with Crippen LogP contribution >= 0.6 is 0 Å². The van der Waals surface area contributed by atoms with E-state index < -0.39 is 0 Å². The van der Waals surface area contributed by atoms with Crippen LogP contribution in [0.25, 0.3) is 11.1 Å². The van der Waals surface area contributed by atoms with Crippen LogP contribution in [0.5, 0.6) is 11.5 Å². The molecule has 0 spiro atoms. The SMILES string of the molecule is Cc1ccccc1-c1ccc(Oc2ccc(CCc3cccnc3)cc2)cc1C. The monoisotopic (exact) mass is 379 g/mol. The Bertz CT molecular complexity index is 1090. The molecule has 2 nitrogen and oxygen atoms in total. The molecule has 0 atom stereocenters. The minimum Gasteiger partial charge on any atom is -0.457 e. The average molecular weight is 380 g/mol. The van der Waals surface area contributed by atoms with E-state index >= 15 is 0 Å². The molecule has 2 heteroatoms. The molecule has 0 amide bonds. The lowest BCUT2D eigenvalue weighted by Gasteiger charge is -2.12. The Labute approximate surface area is 172 Å². The van der Waals surface area contributed by atoms with Gasteiger partial charge in [0, 0.05) is 12.4 Å². The number of hydrogen-bond donors (Lipinski definition) is 0. The van der Waals surface area contributed by atoms with Crippen LogP contribution in [-0.4, -0.2) is 4.98 Å². The summed E-state index contributed by atoms with van der Waals surface area (Å²) >= 11 is 0. The number of hydrogen-bond acceptors (Lipinski definition) is 2. The van der Waals surface area contributed by atoms with Gasteiger partial charge in [-0.05, 0) is 90.4 Å². The van der Waals surface area contributed by atoms with E-state index in [-0.39, 0.29) is 0 Å². The smallest absolute Gasteiger partial charge is 0.127 e. The van der Waals surface area contributed by atoms with Gasteiger partial charge in [-0.15, -0.1) is 0 Å². The Balaban J connectivity index is 1.43. The highest BCUT2D eigenvalue weighted by atomic mass is 16.5. The summed E-state index contributed by atoms with van der Waals surface area (Å²) in [5.74, 6) is 1.72. The maximum atomic E-state index is 6.09. The van der Waals surface area contributed by atoms with Crippen molar-refractivity contribution in [2.45, 2.75) is 26.7 Å². The van der Waals surface area contributed by atoms with Crippen molar-refractivity contribution in [1.82, 2.24) is 4.98 Å². The average Bonchev–Trinajstić information content (AvgIpc) is 2.75. The van der Waals surface area contributed by atoms with E-state index in [0.29, 0.717) is 0 Å². The van der Waals surface area contributed by atoms with Crippen LogP contribution in [0.2, 0.25) is 0 Å². The van der Waals surface area contributed by atoms with Crippen LogP contribution in [0.4, 0.5) is 0 Å². The predicted molar refractivity (Wildman–Crippen MR) is 120 cm³/mol. The number of pyridine rings is 1. The third-order valence-corrected chi connectivity index (χ3v) is 5.22. The minimum atomic E-state index is 0.859. The molecule has 0 unspecified atom stereocenters. The van der Waals surface area contributed by atoms with E-state index in [1.54, 1.807) is 0 Å². The minimum absolute atomic E-state index is 0.859. The van der Waals surface area contributed by atoms with Crippen molar-refractivity contribution >= 4 is 0 Å². The lowest BCUT2D eigenvalue weighted by atomic mass is 9.96. The lowest BCUT2D eigenvalue weighted by Crippen LogP contribution is -1.92. The third-order valence-electron chi connectivity index (χ3n) is 5.22. The first-order valence-corrected chi connectivity index (χ1v) is 10.0. The molecule has 0 aliphatic carbocycles. The standard InChI is InChI=1S/C27H25NO/c1-20-6-3-4-8-26(20)27-16-15-25(18-21(27)2)29-24-13-11-22(12-14-24)9-10-23-7-5-17-28-19-23/h3-8,11-19H,9-10H2,1-2H3. The molecule has 0 aliphatic heterocycles. The zero-order valence-corrected chi connectivity index (χ0v) is 16.9. The zero-order valence-electron chi connectivity index (χ0n) is 16.9. The van der Waals surface area contributed by atoms with Crippen LogP contribution in [0, 0.1) is 13.8 Å². The second-order valence-electron chi connectivity index (χ2n) is 7.40. The van der Waals surface area contributed by atoms with E-state index in [4.69, 9.17) is 4.74 Å². The van der Waals surface area contributed by atoms with Crippen molar-refractivity contribution < 1.29 is 4.74 Å². The van der Waals surface area contributed by atoms with Crippen LogP contribution in [0.3, 0.4) is 0 Å². The summed E-state index contributed by atoms with van der Waals surface area (Å²) in [5, 5.41) is 0. The molecule has 0 saturated carbocycles. The van der Waals surface area contributed by atoms with Crippen LogP contribution in [0.1, 0.15) is 22.3 Å². The fraction of sp³-hybridized carbons (Fsp3) is 0.148. The quantitative estimate of drug-likeness (QED) is 0.362. The third kappa shape index (κ3) is 4.72. The highest BCUT2D eigenvalue weighted by Crippen LogP contribution is 2.31. The summed E-state index contributed by atoms with van der Waals surface area (Å²) in [4.78, 5) is 4.18. The maximum absolute atomic E-state index is 6.09. The van der Waals surface area contributed by atoms with Gasteiger partial charge in [-0.3, -0.25) is 4.98 Å². The fourth-order valence-corrected chi connectivity index (χ4v) is 3.57. The van der Waals surface area contributed by atoms with E-state index in [2.05, 4.69) is 73.4 Å². The van der Waals surface area contributed by atoms with Crippen LogP contribution < -0.4 is 4.74 Å². The summed E-state index contributed by atoms with van der Waals surface area (Å²) in [6, 6.07) is 27.3. The van der Waals surface area contributed by atoms with Crippen molar-refractivity contribution in [2.75, 3.05) is 0 Å². The molecule has 1 aromatic heterocycles. The Morgan fingerprint density at radius 2 is 1.38 bits per heavy atom. The number of benzene rings is 3. The van der Waals surface area contributed by atoms with Gasteiger partial charge in [0.2, 0.25) is 0 Å². The molecule has 0 N–H and O–H groups in total. The summed E-state index contributed by atoms with van der Waals surface area (Å²) < 4.78 is 6.09. The van der Waals surface area contributed by atoms with Crippen molar-refractivity contribution in [3.8, 4) is 22.6 Å². The van der Waals surface area contributed by atoms with Crippen molar-refractivity contribution in [3.05, 3.63) is 114 Å². The second-order valence-corrected chi connectivity index (χ2v) is 7.40. The second kappa shape index (κ2) is 8.74. The van der Waals surface area contributed by atoms with Gasteiger partial charge in [0.1, 0.15) is 11.5 Å². The molecule has 0 radical (unpaired) electrons. The van der Waals surface area contributed by atoms with Gasteiger partial charge in [-0.2, -0.15) is 0 Å². The van der Waals surface area contributed by atoms with Gasteiger partial charge >= 0.3 is 0 Å². The molecule has 0 bridgehead atoms. The molecular formula is C27H25NO. The molecule has 0 fully saturated rings. The molecule has 29 heavy (non-hydrogen) atoms. The van der Waals surface area contributed by atoms with Crippen molar-refractivity contribution in [2.24, 2.45) is 0 Å². The molecular weight excluding hydrogens is 354 g/mol. The predicted octanol–water partition coefficient (Wildman–Crippen LogP) is 6.94. The number of aryl methyl sites for hydroxylation is 4. The Hall–Kier alpha value is -3.39. The number of nitrogens with zero attached hydrogens (tertiary/aromatic N) is 1. The highest BCUT2D eigenvalue weighted by Gasteiger charge is 2.07. The molecule has 4 aromatic rings. The summed E-state index contributed by atoms with van der Waals surface area (Å²) in [7, 11) is 0. The first-order valence-electron chi connectivity index (χ1n) is 10.0. The molecule has 3 aromatic carbocycles. The Morgan fingerprint density at radius 3 is 2.10 bits per heavy atom. The lowest BCUT2D eigenvalue weighted by molar-refractivity contribution is 0.482. The van der Waals surface area contributed by atoms with Crippen molar-refractivity contribution in [3.63, 3.8) is 0 Å². The van der Waals surface area contributed by atoms with E-state index in [1.807, 2.05) is 36.7 Å². The molecule has 0 aliphatic rings. The van der Waals surface area contributed by atoms with Gasteiger partial charge in [0.05, 0.1) is 0 Å². The Kier molecular flexibility index (Phi) is 5.71. The van der Waals surface area contributed by atoms with E-state index in [9.17, 15) is 0 Å². The van der Waals surface area contributed by atoms with Crippen LogP contribution in [-0.2, 0) is 12.8 Å². The van der Waals surface area contributed by atoms with Gasteiger partial charge in [-0.1, -0.05) is 48.5 Å². The Morgan fingerprint density at radius 1 is 0.655 bits per heavy atom. The number of rotatable bonds is 6. The number of ether oxygens (including phenoxy) is 1. The van der Waals surface area contributed by atoms with Gasteiger partial charge in [-0.25, -0.2) is 0 Å². The summed E-state index contributed by atoms with van der Waals surface area (Å²) in [6.45, 7) is 4.28. The van der Waals surface area contributed by atoms with E-state index in [1.165, 1.54) is 33.4 Å². The molecule has 1 heterocycles. The fourth-order valence-electron chi connectivity index (χ4n) is 3.57. The van der Waals surface area contributed by atoms with Gasteiger partial charge in [0.15, 0.2) is 0 Å². The molecule has 4 rings (SSSR count). The summed E-state index contributed by atoms with van der Waals surface area (Å²) in [5.41, 5.74) is 7.58. The topological polar surface area (TPSA) is 22.1 Å².